The van der Waals surface area contributed by atoms with Gasteiger partial charge >= 0.3 is 5.69 Å². The first kappa shape index (κ1) is 14.3. The highest BCUT2D eigenvalue weighted by Gasteiger charge is 2.23. The van der Waals surface area contributed by atoms with E-state index in [1.807, 2.05) is 18.2 Å². The molecule has 6 nitrogen and oxygen atoms in total. The van der Waals surface area contributed by atoms with Crippen molar-refractivity contribution < 1.29 is 4.92 Å². The van der Waals surface area contributed by atoms with E-state index in [1.165, 1.54) is 11.8 Å². The van der Waals surface area contributed by atoms with E-state index in [1.54, 1.807) is 12.3 Å². The minimum atomic E-state index is -0.403. The molecule has 0 radical (unpaired) electrons. The Balaban J connectivity index is 1.59. The number of nitrogens with zero attached hydrogens (tertiary/aromatic N) is 3. The molecule has 0 saturated carbocycles. The minimum Gasteiger partial charge on any atom is -0.371 e. The van der Waals surface area contributed by atoms with Crippen molar-refractivity contribution in [3.05, 3.63) is 58.8 Å². The largest absolute Gasteiger partial charge is 0.371 e. The van der Waals surface area contributed by atoms with Gasteiger partial charge in [-0.15, -0.1) is 0 Å². The highest BCUT2D eigenvalue weighted by atomic mass is 16.6. The van der Waals surface area contributed by atoms with E-state index in [9.17, 15) is 10.1 Å². The van der Waals surface area contributed by atoms with Crippen LogP contribution >= 0.6 is 0 Å². The molecule has 1 aromatic heterocycles. The van der Waals surface area contributed by atoms with Crippen LogP contribution in [0.1, 0.15) is 6.42 Å². The van der Waals surface area contributed by atoms with E-state index in [2.05, 4.69) is 27.3 Å². The Morgan fingerprint density at radius 2 is 2.09 bits per heavy atom. The van der Waals surface area contributed by atoms with E-state index in [-0.39, 0.29) is 5.69 Å². The van der Waals surface area contributed by atoms with Gasteiger partial charge in [-0.2, -0.15) is 0 Å². The van der Waals surface area contributed by atoms with Gasteiger partial charge in [0.05, 0.1) is 4.92 Å². The molecular formula is C16H18N4O2. The Hall–Kier alpha value is -2.63. The van der Waals surface area contributed by atoms with E-state index in [0.29, 0.717) is 18.3 Å². The summed E-state index contributed by atoms with van der Waals surface area (Å²) in [6.45, 7) is 2.67. The summed E-state index contributed by atoms with van der Waals surface area (Å²) >= 11 is 0. The van der Waals surface area contributed by atoms with Crippen LogP contribution in [0.4, 0.5) is 17.2 Å². The van der Waals surface area contributed by atoms with Gasteiger partial charge < -0.3 is 10.2 Å². The fraction of sp³-hybridized carbons (Fsp3) is 0.312. The van der Waals surface area contributed by atoms with Gasteiger partial charge in [-0.05, 0) is 30.5 Å². The summed E-state index contributed by atoms with van der Waals surface area (Å²) in [5, 5.41) is 14.1. The molecular weight excluding hydrogens is 280 g/mol. The van der Waals surface area contributed by atoms with Crippen LogP contribution in [0.3, 0.4) is 0 Å². The van der Waals surface area contributed by atoms with Gasteiger partial charge in [-0.25, -0.2) is 4.98 Å². The van der Waals surface area contributed by atoms with Crippen molar-refractivity contribution in [1.29, 1.82) is 0 Å². The highest BCUT2D eigenvalue weighted by molar-refractivity contribution is 5.55. The van der Waals surface area contributed by atoms with Crippen LogP contribution in [0.5, 0.6) is 0 Å². The Bertz CT molecular complexity index is 648. The molecule has 0 amide bonds. The van der Waals surface area contributed by atoms with Crippen LogP contribution in [0, 0.1) is 16.0 Å². The molecule has 1 aliphatic rings. The van der Waals surface area contributed by atoms with Crippen molar-refractivity contribution in [2.24, 2.45) is 5.92 Å². The SMILES string of the molecule is O=[N+]([O-])c1cccnc1NC[C@@H]1CCN(c2ccccc2)C1. The molecule has 6 heteroatoms. The zero-order valence-corrected chi connectivity index (χ0v) is 12.2. The summed E-state index contributed by atoms with van der Waals surface area (Å²) in [5.74, 6) is 0.812. The van der Waals surface area contributed by atoms with Crippen LogP contribution in [0.25, 0.3) is 0 Å². The van der Waals surface area contributed by atoms with Crippen LogP contribution in [-0.4, -0.2) is 29.5 Å². The molecule has 1 N–H and O–H groups in total. The van der Waals surface area contributed by atoms with Crippen molar-refractivity contribution in [3.8, 4) is 0 Å². The third-order valence-electron chi connectivity index (χ3n) is 3.95. The number of rotatable bonds is 5. The van der Waals surface area contributed by atoms with E-state index < -0.39 is 4.92 Å². The molecule has 2 heterocycles. The maximum Gasteiger partial charge on any atom is 0.311 e. The monoisotopic (exact) mass is 298 g/mol. The second-order valence-electron chi connectivity index (χ2n) is 5.45. The van der Waals surface area contributed by atoms with Gasteiger partial charge in [-0.3, -0.25) is 10.1 Å². The number of hydrogen-bond acceptors (Lipinski definition) is 5. The number of anilines is 2. The number of aromatic nitrogens is 1. The lowest BCUT2D eigenvalue weighted by Crippen LogP contribution is -2.22. The lowest BCUT2D eigenvalue weighted by molar-refractivity contribution is -0.384. The summed E-state index contributed by atoms with van der Waals surface area (Å²) in [7, 11) is 0. The highest BCUT2D eigenvalue weighted by Crippen LogP contribution is 2.25. The van der Waals surface area contributed by atoms with Gasteiger partial charge in [0.15, 0.2) is 0 Å². The standard InChI is InChI=1S/C16H18N4O2/c21-20(22)15-7-4-9-17-16(15)18-11-13-8-10-19(12-13)14-5-2-1-3-6-14/h1-7,9,13H,8,10-12H2,(H,17,18)/t13-/m0/s1. The van der Waals surface area contributed by atoms with Crippen molar-refractivity contribution in [1.82, 2.24) is 4.98 Å². The van der Waals surface area contributed by atoms with Crippen molar-refractivity contribution >= 4 is 17.2 Å². The average Bonchev–Trinajstić information content (AvgIpc) is 3.03. The van der Waals surface area contributed by atoms with E-state index in [0.717, 1.165) is 19.5 Å². The molecule has 1 atom stereocenters. The van der Waals surface area contributed by atoms with Gasteiger partial charge in [0.2, 0.25) is 5.82 Å². The average molecular weight is 298 g/mol. The fourth-order valence-electron chi connectivity index (χ4n) is 2.79. The lowest BCUT2D eigenvalue weighted by Gasteiger charge is -2.18. The van der Waals surface area contributed by atoms with Gasteiger partial charge in [0.1, 0.15) is 0 Å². The van der Waals surface area contributed by atoms with E-state index in [4.69, 9.17) is 0 Å². The van der Waals surface area contributed by atoms with Crippen molar-refractivity contribution in [3.63, 3.8) is 0 Å². The summed E-state index contributed by atoms with van der Waals surface area (Å²) in [6.07, 6.45) is 2.64. The Labute approximate surface area is 128 Å². The molecule has 0 bridgehead atoms. The normalized spacial score (nSPS) is 17.5. The second kappa shape index (κ2) is 6.43. The number of nitrogens with one attached hydrogen (secondary N) is 1. The molecule has 114 valence electrons. The lowest BCUT2D eigenvalue weighted by atomic mass is 10.1. The molecule has 2 aromatic rings. The van der Waals surface area contributed by atoms with E-state index >= 15 is 0 Å². The Morgan fingerprint density at radius 1 is 1.27 bits per heavy atom. The zero-order chi connectivity index (χ0) is 15.4. The van der Waals surface area contributed by atoms with Gasteiger partial charge in [-0.1, -0.05) is 18.2 Å². The molecule has 1 aliphatic heterocycles. The number of benzene rings is 1. The van der Waals surface area contributed by atoms with Gasteiger partial charge in [0.25, 0.3) is 0 Å². The maximum atomic E-state index is 11.0. The predicted octanol–water partition coefficient (Wildman–Crippen LogP) is 2.93. The van der Waals surface area contributed by atoms with Crippen molar-refractivity contribution in [2.45, 2.75) is 6.42 Å². The van der Waals surface area contributed by atoms with Crippen LogP contribution in [0.15, 0.2) is 48.7 Å². The molecule has 1 aromatic carbocycles. The molecule has 3 rings (SSSR count). The Kier molecular flexibility index (Phi) is 4.18. The summed E-state index contributed by atoms with van der Waals surface area (Å²) in [4.78, 5) is 17.0. The molecule has 22 heavy (non-hydrogen) atoms. The molecule has 1 saturated heterocycles. The first-order chi connectivity index (χ1) is 10.7. The number of hydrogen-bond donors (Lipinski definition) is 1. The third-order valence-corrected chi connectivity index (χ3v) is 3.95. The van der Waals surface area contributed by atoms with Crippen LogP contribution < -0.4 is 10.2 Å². The molecule has 0 aliphatic carbocycles. The van der Waals surface area contributed by atoms with Crippen molar-refractivity contribution in [2.75, 3.05) is 29.9 Å². The molecule has 0 unspecified atom stereocenters. The summed E-state index contributed by atoms with van der Waals surface area (Å²) < 4.78 is 0. The fourth-order valence-corrected chi connectivity index (χ4v) is 2.79. The second-order valence-corrected chi connectivity index (χ2v) is 5.45. The van der Waals surface area contributed by atoms with Crippen LogP contribution in [-0.2, 0) is 0 Å². The predicted molar refractivity (Wildman–Crippen MR) is 86.1 cm³/mol. The summed E-state index contributed by atoms with van der Waals surface area (Å²) in [5.41, 5.74) is 1.26. The first-order valence-electron chi connectivity index (χ1n) is 7.37. The Morgan fingerprint density at radius 3 is 2.86 bits per heavy atom. The maximum absolute atomic E-state index is 11.0. The topological polar surface area (TPSA) is 71.3 Å². The number of nitro groups is 1. The third kappa shape index (κ3) is 3.16. The number of para-hydroxylation sites is 1. The summed E-state index contributed by atoms with van der Waals surface area (Å²) in [6, 6.07) is 13.4. The number of pyridine rings is 1. The van der Waals surface area contributed by atoms with Crippen LogP contribution in [0.2, 0.25) is 0 Å². The van der Waals surface area contributed by atoms with Gasteiger partial charge in [0, 0.05) is 37.6 Å². The first-order valence-corrected chi connectivity index (χ1v) is 7.37. The smallest absolute Gasteiger partial charge is 0.311 e. The molecule has 0 spiro atoms. The zero-order valence-electron chi connectivity index (χ0n) is 12.2. The molecule has 1 fully saturated rings. The quantitative estimate of drug-likeness (QED) is 0.679. The minimum absolute atomic E-state index is 0.0282.